The van der Waals surface area contributed by atoms with E-state index in [2.05, 4.69) is 5.10 Å². The molecule has 5 nitrogen and oxygen atoms in total. The van der Waals surface area contributed by atoms with Crippen molar-refractivity contribution in [1.29, 1.82) is 0 Å². The van der Waals surface area contributed by atoms with Crippen molar-refractivity contribution >= 4 is 5.91 Å². The van der Waals surface area contributed by atoms with E-state index in [-0.39, 0.29) is 5.91 Å². The van der Waals surface area contributed by atoms with Gasteiger partial charge in [0.1, 0.15) is 0 Å². The fraction of sp³-hybridized carbons (Fsp3) is 0.412. The Morgan fingerprint density at radius 2 is 2.00 bits per heavy atom. The van der Waals surface area contributed by atoms with Crippen LogP contribution in [0.25, 0.3) is 5.69 Å². The Morgan fingerprint density at radius 3 is 2.50 bits per heavy atom. The number of nitrogens with zero attached hydrogens (tertiary/aromatic N) is 3. The van der Waals surface area contributed by atoms with Crippen LogP contribution in [0.2, 0.25) is 0 Å². The molecule has 0 aliphatic heterocycles. The van der Waals surface area contributed by atoms with E-state index in [1.54, 1.807) is 29.6 Å². The standard InChI is InChI=1S/C17H23N3O2/c1-4-19(13-17(2,3)22)16(21)12-14-6-8-15(9-7-14)20-11-5-10-18-20/h5-11,22H,4,12-13H2,1-3H3. The van der Waals surface area contributed by atoms with Gasteiger partial charge in [0.15, 0.2) is 0 Å². The third-order valence-electron chi connectivity index (χ3n) is 3.37. The molecule has 0 spiro atoms. The summed E-state index contributed by atoms with van der Waals surface area (Å²) in [5.41, 5.74) is 1.04. The quantitative estimate of drug-likeness (QED) is 0.888. The summed E-state index contributed by atoms with van der Waals surface area (Å²) in [6.07, 6.45) is 3.94. The Balaban J connectivity index is 2.02. The second kappa shape index (κ2) is 6.75. The van der Waals surface area contributed by atoms with Crippen LogP contribution >= 0.6 is 0 Å². The second-order valence-corrected chi connectivity index (χ2v) is 6.01. The molecule has 0 bridgehead atoms. The molecule has 1 N–H and O–H groups in total. The number of benzene rings is 1. The molecule has 0 fully saturated rings. The highest BCUT2D eigenvalue weighted by Crippen LogP contribution is 2.11. The van der Waals surface area contributed by atoms with Crippen molar-refractivity contribution in [3.05, 3.63) is 48.3 Å². The van der Waals surface area contributed by atoms with Crippen molar-refractivity contribution in [2.24, 2.45) is 0 Å². The summed E-state index contributed by atoms with van der Waals surface area (Å²) in [5, 5.41) is 14.0. The smallest absolute Gasteiger partial charge is 0.227 e. The molecule has 5 heteroatoms. The second-order valence-electron chi connectivity index (χ2n) is 6.01. The van der Waals surface area contributed by atoms with Crippen molar-refractivity contribution in [1.82, 2.24) is 14.7 Å². The van der Waals surface area contributed by atoms with E-state index in [1.807, 2.05) is 43.5 Å². The van der Waals surface area contributed by atoms with Crippen LogP contribution in [-0.2, 0) is 11.2 Å². The molecule has 2 rings (SSSR count). The number of carbonyl (C=O) groups is 1. The number of hydrogen-bond donors (Lipinski definition) is 1. The summed E-state index contributed by atoms with van der Waals surface area (Å²) < 4.78 is 1.78. The minimum atomic E-state index is -0.879. The van der Waals surface area contributed by atoms with E-state index >= 15 is 0 Å². The minimum Gasteiger partial charge on any atom is -0.389 e. The summed E-state index contributed by atoms with van der Waals surface area (Å²) in [7, 11) is 0. The SMILES string of the molecule is CCN(CC(C)(C)O)C(=O)Cc1ccc(-n2cccn2)cc1. The Kier molecular flexibility index (Phi) is 4.98. The number of rotatable bonds is 6. The van der Waals surface area contributed by atoms with Crippen LogP contribution in [0.15, 0.2) is 42.7 Å². The largest absolute Gasteiger partial charge is 0.389 e. The lowest BCUT2D eigenvalue weighted by Gasteiger charge is -2.28. The summed E-state index contributed by atoms with van der Waals surface area (Å²) in [5.74, 6) is 0.0245. The number of aromatic nitrogens is 2. The van der Waals surface area contributed by atoms with Crippen molar-refractivity contribution in [3.63, 3.8) is 0 Å². The molecule has 1 amide bonds. The molecular formula is C17H23N3O2. The zero-order valence-electron chi connectivity index (χ0n) is 13.4. The highest BCUT2D eigenvalue weighted by molar-refractivity contribution is 5.78. The van der Waals surface area contributed by atoms with Gasteiger partial charge in [0.05, 0.1) is 17.7 Å². The highest BCUT2D eigenvalue weighted by Gasteiger charge is 2.21. The van der Waals surface area contributed by atoms with E-state index in [1.165, 1.54) is 0 Å². The maximum Gasteiger partial charge on any atom is 0.227 e. The number of likely N-dealkylation sites (N-methyl/N-ethyl adjacent to an activating group) is 1. The molecule has 2 aromatic rings. The topological polar surface area (TPSA) is 58.4 Å². The third kappa shape index (κ3) is 4.43. The van der Waals surface area contributed by atoms with Gasteiger partial charge in [-0.1, -0.05) is 12.1 Å². The molecule has 0 radical (unpaired) electrons. The number of amides is 1. The van der Waals surface area contributed by atoms with Crippen LogP contribution in [0.4, 0.5) is 0 Å². The summed E-state index contributed by atoms with van der Waals surface area (Å²) in [4.78, 5) is 14.0. The summed E-state index contributed by atoms with van der Waals surface area (Å²) in [6, 6.07) is 9.64. The molecule has 1 aromatic heterocycles. The highest BCUT2D eigenvalue weighted by atomic mass is 16.3. The minimum absolute atomic E-state index is 0.0245. The van der Waals surface area contributed by atoms with Gasteiger partial charge in [0, 0.05) is 25.5 Å². The molecular weight excluding hydrogens is 278 g/mol. The third-order valence-corrected chi connectivity index (χ3v) is 3.37. The molecule has 22 heavy (non-hydrogen) atoms. The van der Waals surface area contributed by atoms with Gasteiger partial charge in [0.2, 0.25) is 5.91 Å². The predicted octanol–water partition coefficient (Wildman–Crippen LogP) is 2.03. The van der Waals surface area contributed by atoms with Gasteiger partial charge in [-0.3, -0.25) is 4.79 Å². The molecule has 1 aromatic carbocycles. The van der Waals surface area contributed by atoms with Gasteiger partial charge in [-0.25, -0.2) is 4.68 Å². The van der Waals surface area contributed by atoms with Crippen LogP contribution in [0.5, 0.6) is 0 Å². The summed E-state index contributed by atoms with van der Waals surface area (Å²) in [6.45, 7) is 6.27. The van der Waals surface area contributed by atoms with Crippen molar-refractivity contribution in [2.75, 3.05) is 13.1 Å². The maximum absolute atomic E-state index is 12.3. The lowest BCUT2D eigenvalue weighted by atomic mass is 10.1. The van der Waals surface area contributed by atoms with Crippen LogP contribution < -0.4 is 0 Å². The molecule has 0 atom stereocenters. The average Bonchev–Trinajstić information content (AvgIpc) is 2.98. The molecule has 0 aliphatic carbocycles. The van der Waals surface area contributed by atoms with Gasteiger partial charge in [0.25, 0.3) is 0 Å². The summed E-state index contributed by atoms with van der Waals surface area (Å²) >= 11 is 0. The molecule has 1 heterocycles. The average molecular weight is 301 g/mol. The van der Waals surface area contributed by atoms with E-state index in [9.17, 15) is 9.90 Å². The lowest BCUT2D eigenvalue weighted by Crippen LogP contribution is -2.42. The van der Waals surface area contributed by atoms with E-state index < -0.39 is 5.60 Å². The predicted molar refractivity (Wildman–Crippen MR) is 85.8 cm³/mol. The Bertz CT molecular complexity index is 598. The van der Waals surface area contributed by atoms with E-state index in [0.29, 0.717) is 19.5 Å². The van der Waals surface area contributed by atoms with Crippen molar-refractivity contribution < 1.29 is 9.90 Å². The van der Waals surface area contributed by atoms with Crippen molar-refractivity contribution in [3.8, 4) is 5.69 Å². The number of carbonyl (C=O) groups excluding carboxylic acids is 1. The Hall–Kier alpha value is -2.14. The normalized spacial score (nSPS) is 11.5. The molecule has 118 valence electrons. The van der Waals surface area contributed by atoms with Crippen LogP contribution in [-0.4, -0.2) is 44.4 Å². The maximum atomic E-state index is 12.3. The van der Waals surface area contributed by atoms with Gasteiger partial charge >= 0.3 is 0 Å². The molecule has 0 aliphatic rings. The van der Waals surface area contributed by atoms with Gasteiger partial charge in [-0.2, -0.15) is 5.10 Å². The van der Waals surface area contributed by atoms with Crippen molar-refractivity contribution in [2.45, 2.75) is 32.8 Å². The first kappa shape index (κ1) is 16.2. The first-order chi connectivity index (χ1) is 10.4. The van der Waals surface area contributed by atoms with Gasteiger partial charge in [-0.15, -0.1) is 0 Å². The number of aliphatic hydroxyl groups is 1. The Labute approximate surface area is 131 Å². The first-order valence-corrected chi connectivity index (χ1v) is 7.48. The van der Waals surface area contributed by atoms with Gasteiger partial charge in [-0.05, 0) is 44.5 Å². The zero-order chi connectivity index (χ0) is 16.2. The molecule has 0 saturated carbocycles. The monoisotopic (exact) mass is 301 g/mol. The molecule has 0 unspecified atom stereocenters. The van der Waals surface area contributed by atoms with Crippen LogP contribution in [0.1, 0.15) is 26.3 Å². The van der Waals surface area contributed by atoms with Crippen LogP contribution in [0.3, 0.4) is 0 Å². The van der Waals surface area contributed by atoms with Crippen LogP contribution in [0, 0.1) is 0 Å². The fourth-order valence-electron chi connectivity index (χ4n) is 2.32. The lowest BCUT2D eigenvalue weighted by molar-refractivity contribution is -0.133. The fourth-order valence-corrected chi connectivity index (χ4v) is 2.32. The zero-order valence-corrected chi connectivity index (χ0v) is 13.4. The van der Waals surface area contributed by atoms with E-state index in [4.69, 9.17) is 0 Å². The molecule has 0 saturated heterocycles. The Morgan fingerprint density at radius 1 is 1.32 bits per heavy atom. The first-order valence-electron chi connectivity index (χ1n) is 7.48. The van der Waals surface area contributed by atoms with Gasteiger partial charge < -0.3 is 10.0 Å². The van der Waals surface area contributed by atoms with E-state index in [0.717, 1.165) is 11.3 Å². The number of hydrogen-bond acceptors (Lipinski definition) is 3.